The van der Waals surface area contributed by atoms with E-state index in [0.717, 1.165) is 24.0 Å². The van der Waals surface area contributed by atoms with Crippen LogP contribution >= 0.6 is 11.6 Å². The van der Waals surface area contributed by atoms with Gasteiger partial charge in [-0.25, -0.2) is 4.79 Å². The van der Waals surface area contributed by atoms with Gasteiger partial charge in [0.05, 0.1) is 6.61 Å². The molecule has 0 N–H and O–H groups in total. The highest BCUT2D eigenvalue weighted by Gasteiger charge is 2.25. The summed E-state index contributed by atoms with van der Waals surface area (Å²) in [5.41, 5.74) is 1.84. The zero-order valence-electron chi connectivity index (χ0n) is 15.7. The lowest BCUT2D eigenvalue weighted by molar-refractivity contribution is -0.134. The Bertz CT molecular complexity index is 619. The summed E-state index contributed by atoms with van der Waals surface area (Å²) < 4.78 is 10.8. The molecule has 0 aliphatic carbocycles. The Morgan fingerprint density at radius 2 is 1.65 bits per heavy atom. The molecule has 1 fully saturated rings. The van der Waals surface area contributed by atoms with Crippen molar-refractivity contribution in [2.75, 3.05) is 39.4 Å². The fourth-order valence-corrected chi connectivity index (χ4v) is 2.87. The molecular weight excluding hydrogens is 356 g/mol. The van der Waals surface area contributed by atoms with Crippen molar-refractivity contribution in [2.45, 2.75) is 33.6 Å². The molecule has 1 aromatic carbocycles. The average molecular weight is 383 g/mol. The minimum atomic E-state index is -0.297. The number of unbranched alkanes of at least 4 members (excludes halogenated alkanes) is 1. The van der Waals surface area contributed by atoms with Gasteiger partial charge < -0.3 is 19.3 Å². The number of aryl methyl sites for hydroxylation is 2. The zero-order valence-corrected chi connectivity index (χ0v) is 16.5. The first kappa shape index (κ1) is 20.4. The van der Waals surface area contributed by atoms with Crippen LogP contribution in [0.5, 0.6) is 5.75 Å². The molecule has 0 bridgehead atoms. The Morgan fingerprint density at radius 1 is 1.08 bits per heavy atom. The third-order valence-corrected chi connectivity index (χ3v) is 4.98. The number of halogens is 1. The monoisotopic (exact) mass is 382 g/mol. The second kappa shape index (κ2) is 9.67. The minimum absolute atomic E-state index is 0.0263. The van der Waals surface area contributed by atoms with Crippen LogP contribution in [0.15, 0.2) is 12.1 Å². The first-order chi connectivity index (χ1) is 12.4. The number of carbonyl (C=O) groups excluding carboxylic acids is 2. The molecule has 0 radical (unpaired) electrons. The van der Waals surface area contributed by atoms with Crippen LogP contribution in [0.4, 0.5) is 4.79 Å². The van der Waals surface area contributed by atoms with E-state index in [0.29, 0.717) is 43.6 Å². The molecule has 26 heavy (non-hydrogen) atoms. The zero-order chi connectivity index (χ0) is 19.1. The van der Waals surface area contributed by atoms with Crippen LogP contribution in [0.2, 0.25) is 5.02 Å². The molecule has 1 saturated heterocycles. The molecule has 1 aliphatic rings. The first-order valence-corrected chi connectivity index (χ1v) is 9.39. The van der Waals surface area contributed by atoms with Crippen LogP contribution in [0, 0.1) is 13.8 Å². The Balaban J connectivity index is 1.77. The van der Waals surface area contributed by atoms with Gasteiger partial charge in [-0.15, -0.1) is 0 Å². The van der Waals surface area contributed by atoms with Crippen LogP contribution in [0.25, 0.3) is 0 Å². The van der Waals surface area contributed by atoms with Crippen LogP contribution in [0.3, 0.4) is 0 Å². The van der Waals surface area contributed by atoms with E-state index in [1.54, 1.807) is 9.80 Å². The fourth-order valence-electron chi connectivity index (χ4n) is 2.76. The predicted molar refractivity (Wildman–Crippen MR) is 101 cm³/mol. The van der Waals surface area contributed by atoms with E-state index in [9.17, 15) is 9.59 Å². The van der Waals surface area contributed by atoms with Gasteiger partial charge in [0.2, 0.25) is 0 Å². The van der Waals surface area contributed by atoms with E-state index in [1.807, 2.05) is 32.9 Å². The van der Waals surface area contributed by atoms with Gasteiger partial charge in [-0.2, -0.15) is 0 Å². The van der Waals surface area contributed by atoms with Crippen LogP contribution in [0.1, 0.15) is 30.9 Å². The van der Waals surface area contributed by atoms with Crippen LogP contribution in [-0.4, -0.2) is 61.2 Å². The van der Waals surface area contributed by atoms with E-state index in [-0.39, 0.29) is 18.6 Å². The van der Waals surface area contributed by atoms with Gasteiger partial charge in [0, 0.05) is 31.2 Å². The topological polar surface area (TPSA) is 59.1 Å². The Morgan fingerprint density at radius 3 is 2.23 bits per heavy atom. The summed E-state index contributed by atoms with van der Waals surface area (Å²) in [5.74, 6) is 0.546. The molecule has 1 aromatic rings. The lowest BCUT2D eigenvalue weighted by atomic mass is 10.1. The van der Waals surface area contributed by atoms with Crippen molar-refractivity contribution in [1.82, 2.24) is 9.80 Å². The lowest BCUT2D eigenvalue weighted by Gasteiger charge is -2.34. The summed E-state index contributed by atoms with van der Waals surface area (Å²) in [6, 6.07) is 3.65. The van der Waals surface area contributed by atoms with Crippen molar-refractivity contribution in [3.8, 4) is 5.75 Å². The number of hydrogen-bond acceptors (Lipinski definition) is 4. The molecule has 0 saturated carbocycles. The highest BCUT2D eigenvalue weighted by molar-refractivity contribution is 6.32. The second-order valence-corrected chi connectivity index (χ2v) is 6.87. The third-order valence-electron chi connectivity index (χ3n) is 4.39. The molecule has 144 valence electrons. The predicted octanol–water partition coefficient (Wildman–Crippen LogP) is 3.42. The van der Waals surface area contributed by atoms with Gasteiger partial charge in [0.1, 0.15) is 5.75 Å². The van der Waals surface area contributed by atoms with E-state index >= 15 is 0 Å². The molecule has 1 aliphatic heterocycles. The first-order valence-electron chi connectivity index (χ1n) is 9.01. The number of amides is 2. The van der Waals surface area contributed by atoms with Crippen molar-refractivity contribution in [3.05, 3.63) is 28.3 Å². The maximum absolute atomic E-state index is 12.3. The third kappa shape index (κ3) is 5.53. The average Bonchev–Trinajstić information content (AvgIpc) is 2.64. The molecule has 0 aromatic heterocycles. The SMILES string of the molecule is CCCCOC(=O)N1CCN(C(=O)COc2cc(C)c(Cl)c(C)c2)CC1. The van der Waals surface area contributed by atoms with Gasteiger partial charge in [-0.05, 0) is 43.5 Å². The van der Waals surface area contributed by atoms with E-state index in [2.05, 4.69) is 0 Å². The summed E-state index contributed by atoms with van der Waals surface area (Å²) in [7, 11) is 0. The van der Waals surface area contributed by atoms with Crippen molar-refractivity contribution in [3.63, 3.8) is 0 Å². The fraction of sp³-hybridized carbons (Fsp3) is 0.579. The summed E-state index contributed by atoms with van der Waals surface area (Å²) in [5, 5.41) is 0.714. The van der Waals surface area contributed by atoms with Gasteiger partial charge >= 0.3 is 6.09 Å². The summed E-state index contributed by atoms with van der Waals surface area (Å²) in [4.78, 5) is 27.6. The van der Waals surface area contributed by atoms with E-state index < -0.39 is 0 Å². The normalized spacial score (nSPS) is 14.3. The quantitative estimate of drug-likeness (QED) is 0.707. The van der Waals surface area contributed by atoms with Crippen molar-refractivity contribution < 1.29 is 19.1 Å². The largest absolute Gasteiger partial charge is 0.484 e. The maximum atomic E-state index is 12.3. The minimum Gasteiger partial charge on any atom is -0.484 e. The number of carbonyl (C=O) groups is 2. The number of hydrogen-bond donors (Lipinski definition) is 0. The van der Waals surface area contributed by atoms with E-state index in [4.69, 9.17) is 21.1 Å². The number of nitrogens with zero attached hydrogens (tertiary/aromatic N) is 2. The molecule has 0 unspecified atom stereocenters. The standard InChI is InChI=1S/C19H27ClN2O4/c1-4-5-10-25-19(24)22-8-6-21(7-9-22)17(23)13-26-16-11-14(2)18(20)15(3)12-16/h11-12H,4-10,13H2,1-3H3. The number of benzene rings is 1. The molecule has 0 spiro atoms. The Labute approximate surface area is 160 Å². The van der Waals surface area contributed by atoms with Gasteiger partial charge in [-0.1, -0.05) is 24.9 Å². The lowest BCUT2D eigenvalue weighted by Crippen LogP contribution is -2.51. The van der Waals surface area contributed by atoms with Gasteiger partial charge in [0.15, 0.2) is 6.61 Å². The molecule has 7 heteroatoms. The molecule has 6 nitrogen and oxygen atoms in total. The van der Waals surface area contributed by atoms with Crippen LogP contribution < -0.4 is 4.74 Å². The molecule has 0 atom stereocenters. The maximum Gasteiger partial charge on any atom is 0.409 e. The summed E-state index contributed by atoms with van der Waals surface area (Å²) in [6.07, 6.45) is 1.56. The smallest absolute Gasteiger partial charge is 0.409 e. The molecular formula is C19H27ClN2O4. The molecule has 2 rings (SSSR count). The van der Waals surface area contributed by atoms with Gasteiger partial charge in [-0.3, -0.25) is 4.79 Å². The van der Waals surface area contributed by atoms with Crippen molar-refractivity contribution >= 4 is 23.6 Å². The number of rotatable bonds is 6. The Hall–Kier alpha value is -1.95. The molecule has 2 amide bonds. The highest BCUT2D eigenvalue weighted by atomic mass is 35.5. The van der Waals surface area contributed by atoms with Crippen LogP contribution in [-0.2, 0) is 9.53 Å². The highest BCUT2D eigenvalue weighted by Crippen LogP contribution is 2.25. The Kier molecular flexibility index (Phi) is 7.57. The van der Waals surface area contributed by atoms with Crippen molar-refractivity contribution in [1.29, 1.82) is 0 Å². The van der Waals surface area contributed by atoms with E-state index in [1.165, 1.54) is 0 Å². The number of piperazine rings is 1. The van der Waals surface area contributed by atoms with Crippen molar-refractivity contribution in [2.24, 2.45) is 0 Å². The molecule has 1 heterocycles. The second-order valence-electron chi connectivity index (χ2n) is 6.50. The number of ether oxygens (including phenoxy) is 2. The summed E-state index contributed by atoms with van der Waals surface area (Å²) >= 11 is 6.14. The van der Waals surface area contributed by atoms with Gasteiger partial charge in [0.25, 0.3) is 5.91 Å². The summed E-state index contributed by atoms with van der Waals surface area (Å²) in [6.45, 7) is 8.22.